The molecule has 0 saturated heterocycles. The van der Waals surface area contributed by atoms with Crippen molar-refractivity contribution in [2.45, 2.75) is 24.5 Å². The molecule has 5 nitrogen and oxygen atoms in total. The summed E-state index contributed by atoms with van der Waals surface area (Å²) in [6, 6.07) is 25.8. The molecule has 1 aliphatic rings. The number of benzene rings is 3. The Morgan fingerprint density at radius 2 is 1.67 bits per heavy atom. The zero-order valence-corrected chi connectivity index (χ0v) is 16.9. The monoisotopic (exact) mass is 398 g/mol. The van der Waals surface area contributed by atoms with E-state index in [2.05, 4.69) is 6.07 Å². The van der Waals surface area contributed by atoms with Gasteiger partial charge in [-0.1, -0.05) is 60.7 Å². The fourth-order valence-corrected chi connectivity index (χ4v) is 4.12. The molecule has 0 unspecified atom stereocenters. The summed E-state index contributed by atoms with van der Waals surface area (Å²) < 4.78 is 5.21. The van der Waals surface area contributed by atoms with Gasteiger partial charge in [0.1, 0.15) is 11.2 Å². The van der Waals surface area contributed by atoms with Crippen LogP contribution in [0.3, 0.4) is 0 Å². The molecule has 0 spiro atoms. The van der Waals surface area contributed by atoms with E-state index >= 15 is 0 Å². The molecule has 1 N–H and O–H groups in total. The topological polar surface area (TPSA) is 73.6 Å². The number of hydrogen-bond donors (Lipinski definition) is 1. The number of nitriles is 1. The summed E-state index contributed by atoms with van der Waals surface area (Å²) >= 11 is 0. The highest BCUT2D eigenvalue weighted by atomic mass is 16.5. The standard InChI is InChI=1S/C25H22N2O3/c1-24(17-26,19-12-14-20(30-2)15-13-19)25(29)21-10-6-7-11-22(21)27(23(25)28)16-18-8-4-3-5-9-18/h3-15,29H,16H2,1-2H3/t24-,25+/m0/s1. The van der Waals surface area contributed by atoms with Crippen molar-refractivity contribution in [1.82, 2.24) is 0 Å². The SMILES string of the molecule is COc1ccc([C@](C)(C#N)[C@]2(O)C(=O)N(Cc3ccccc3)c3ccccc32)cc1. The first-order valence-electron chi connectivity index (χ1n) is 9.69. The van der Waals surface area contributed by atoms with Gasteiger partial charge in [-0.2, -0.15) is 5.26 Å². The van der Waals surface area contributed by atoms with Crippen LogP contribution in [0.1, 0.15) is 23.6 Å². The first kappa shape index (κ1) is 19.7. The molecule has 0 aromatic heterocycles. The first-order valence-corrected chi connectivity index (χ1v) is 9.69. The quantitative estimate of drug-likeness (QED) is 0.707. The fraction of sp³-hybridized carbons (Fsp3) is 0.200. The van der Waals surface area contributed by atoms with Crippen LogP contribution in [0.15, 0.2) is 78.9 Å². The molecule has 1 heterocycles. The molecular formula is C25H22N2O3. The third-order valence-electron chi connectivity index (χ3n) is 5.94. The number of amides is 1. The Morgan fingerprint density at radius 1 is 1.03 bits per heavy atom. The zero-order chi connectivity index (χ0) is 21.4. The summed E-state index contributed by atoms with van der Waals surface area (Å²) in [5.74, 6) is 0.127. The van der Waals surface area contributed by atoms with Gasteiger partial charge >= 0.3 is 0 Å². The Balaban J connectivity index is 1.85. The number of hydrogen-bond acceptors (Lipinski definition) is 4. The van der Waals surface area contributed by atoms with Gasteiger partial charge in [0.25, 0.3) is 5.91 Å². The van der Waals surface area contributed by atoms with Crippen LogP contribution in [0.5, 0.6) is 5.75 Å². The Labute approximate surface area is 175 Å². The maximum absolute atomic E-state index is 13.7. The van der Waals surface area contributed by atoms with Crippen LogP contribution >= 0.6 is 0 Å². The highest BCUT2D eigenvalue weighted by Crippen LogP contribution is 2.51. The summed E-state index contributed by atoms with van der Waals surface area (Å²) in [4.78, 5) is 15.2. The molecule has 0 saturated carbocycles. The lowest BCUT2D eigenvalue weighted by atomic mass is 9.67. The number of carbonyl (C=O) groups excluding carboxylic acids is 1. The molecule has 3 aromatic carbocycles. The molecule has 5 heteroatoms. The number of fused-ring (bicyclic) bond motifs is 1. The van der Waals surface area contributed by atoms with Crippen LogP contribution in [0.2, 0.25) is 0 Å². The van der Waals surface area contributed by atoms with E-state index in [9.17, 15) is 15.2 Å². The molecule has 30 heavy (non-hydrogen) atoms. The van der Waals surface area contributed by atoms with E-state index in [0.29, 0.717) is 29.1 Å². The number of methoxy groups -OCH3 is 1. The van der Waals surface area contributed by atoms with Crippen LogP contribution in [0, 0.1) is 11.3 Å². The van der Waals surface area contributed by atoms with Gasteiger partial charge in [-0.3, -0.25) is 4.79 Å². The van der Waals surface area contributed by atoms with Crippen molar-refractivity contribution in [3.8, 4) is 11.8 Å². The molecular weight excluding hydrogens is 376 g/mol. The number of ether oxygens (including phenoxy) is 1. The van der Waals surface area contributed by atoms with E-state index in [4.69, 9.17) is 4.74 Å². The third kappa shape index (κ3) is 2.77. The Bertz CT molecular complexity index is 1120. The van der Waals surface area contributed by atoms with Crippen LogP contribution in [-0.2, 0) is 22.4 Å². The van der Waals surface area contributed by atoms with Gasteiger partial charge in [0.15, 0.2) is 5.60 Å². The van der Waals surface area contributed by atoms with Crippen molar-refractivity contribution >= 4 is 11.6 Å². The molecule has 4 rings (SSSR count). The number of anilines is 1. The molecule has 2 atom stereocenters. The van der Waals surface area contributed by atoms with Gasteiger partial charge in [-0.05, 0) is 36.2 Å². The van der Waals surface area contributed by atoms with Gasteiger partial charge in [-0.15, -0.1) is 0 Å². The van der Waals surface area contributed by atoms with E-state index in [0.717, 1.165) is 5.56 Å². The number of nitrogens with zero attached hydrogens (tertiary/aromatic N) is 2. The largest absolute Gasteiger partial charge is 0.497 e. The van der Waals surface area contributed by atoms with Crippen LogP contribution in [0.4, 0.5) is 5.69 Å². The van der Waals surface area contributed by atoms with Gasteiger partial charge in [-0.25, -0.2) is 0 Å². The second-order valence-electron chi connectivity index (χ2n) is 7.57. The van der Waals surface area contributed by atoms with Crippen molar-refractivity contribution in [3.63, 3.8) is 0 Å². The van der Waals surface area contributed by atoms with Gasteiger partial charge in [0, 0.05) is 5.56 Å². The average Bonchev–Trinajstić information content (AvgIpc) is 3.02. The first-order chi connectivity index (χ1) is 14.5. The van der Waals surface area contributed by atoms with E-state index in [1.54, 1.807) is 61.4 Å². The molecule has 0 aliphatic carbocycles. The van der Waals surface area contributed by atoms with Crippen molar-refractivity contribution in [2.24, 2.45) is 0 Å². The van der Waals surface area contributed by atoms with Gasteiger partial charge < -0.3 is 14.7 Å². The Morgan fingerprint density at radius 3 is 2.30 bits per heavy atom. The average molecular weight is 398 g/mol. The van der Waals surface area contributed by atoms with Crippen molar-refractivity contribution < 1.29 is 14.6 Å². The predicted molar refractivity (Wildman–Crippen MR) is 114 cm³/mol. The van der Waals surface area contributed by atoms with E-state index in [1.165, 1.54) is 0 Å². The number of aliphatic hydroxyl groups is 1. The van der Waals surface area contributed by atoms with Gasteiger partial charge in [0.05, 0.1) is 25.4 Å². The minimum absolute atomic E-state index is 0.309. The molecule has 0 bridgehead atoms. The summed E-state index contributed by atoms with van der Waals surface area (Å²) in [6.45, 7) is 1.92. The second-order valence-corrected chi connectivity index (χ2v) is 7.57. The molecule has 1 amide bonds. The molecule has 0 radical (unpaired) electrons. The Hall–Kier alpha value is -3.62. The fourth-order valence-electron chi connectivity index (χ4n) is 4.12. The van der Waals surface area contributed by atoms with Crippen molar-refractivity contribution in [2.75, 3.05) is 12.0 Å². The third-order valence-corrected chi connectivity index (χ3v) is 5.94. The molecule has 1 aliphatic heterocycles. The van der Waals surface area contributed by atoms with Gasteiger partial charge in [0.2, 0.25) is 0 Å². The number of rotatable bonds is 5. The molecule has 3 aromatic rings. The van der Waals surface area contributed by atoms with Crippen LogP contribution < -0.4 is 9.64 Å². The van der Waals surface area contributed by atoms with Crippen LogP contribution in [-0.4, -0.2) is 18.1 Å². The Kier molecular flexibility index (Phi) is 4.81. The van der Waals surface area contributed by atoms with Crippen molar-refractivity contribution in [1.29, 1.82) is 5.26 Å². The highest BCUT2D eigenvalue weighted by Gasteiger charge is 2.61. The van der Waals surface area contributed by atoms with Crippen LogP contribution in [0.25, 0.3) is 0 Å². The summed E-state index contributed by atoms with van der Waals surface area (Å²) in [6.07, 6.45) is 0. The van der Waals surface area contributed by atoms with E-state index < -0.39 is 16.9 Å². The predicted octanol–water partition coefficient (Wildman–Crippen LogP) is 3.91. The van der Waals surface area contributed by atoms with E-state index in [-0.39, 0.29) is 0 Å². The lowest BCUT2D eigenvalue weighted by Gasteiger charge is -2.36. The normalized spacial score (nSPS) is 19.7. The number of para-hydroxylation sites is 1. The maximum atomic E-state index is 13.7. The number of carbonyl (C=O) groups is 1. The summed E-state index contributed by atoms with van der Waals surface area (Å²) in [5.41, 5.74) is -1.000. The lowest BCUT2D eigenvalue weighted by Crippen LogP contribution is -2.53. The minimum atomic E-state index is -2.03. The summed E-state index contributed by atoms with van der Waals surface area (Å²) in [5, 5.41) is 22.1. The summed E-state index contributed by atoms with van der Waals surface area (Å²) in [7, 11) is 1.56. The molecule has 0 fully saturated rings. The van der Waals surface area contributed by atoms with E-state index in [1.807, 2.05) is 36.4 Å². The second kappa shape index (κ2) is 7.33. The molecule has 150 valence electrons. The van der Waals surface area contributed by atoms with Crippen molar-refractivity contribution in [3.05, 3.63) is 95.6 Å². The minimum Gasteiger partial charge on any atom is -0.497 e. The smallest absolute Gasteiger partial charge is 0.266 e. The highest BCUT2D eigenvalue weighted by molar-refractivity contribution is 6.08. The lowest BCUT2D eigenvalue weighted by molar-refractivity contribution is -0.141. The zero-order valence-electron chi connectivity index (χ0n) is 16.9. The maximum Gasteiger partial charge on any atom is 0.266 e.